The second kappa shape index (κ2) is 14.6. The number of ketones is 2. The lowest BCUT2D eigenvalue weighted by molar-refractivity contribution is 0.0603. The fourth-order valence-corrected chi connectivity index (χ4v) is 4.06. The van der Waals surface area contributed by atoms with Crippen LogP contribution in [0.2, 0.25) is 0 Å². The molecule has 0 aromatic heterocycles. The van der Waals surface area contributed by atoms with Gasteiger partial charge < -0.3 is 9.84 Å². The largest absolute Gasteiger partial charge is 0.380 e. The summed E-state index contributed by atoms with van der Waals surface area (Å²) in [5.74, 6) is -0.234. The van der Waals surface area contributed by atoms with Crippen LogP contribution < -0.4 is 0 Å². The molecule has 0 amide bonds. The van der Waals surface area contributed by atoms with Crippen molar-refractivity contribution in [3.05, 3.63) is 143 Å². The van der Waals surface area contributed by atoms with Gasteiger partial charge in [-0.3, -0.25) is 9.59 Å². The lowest BCUT2D eigenvalue weighted by Crippen LogP contribution is -2.16. The summed E-state index contributed by atoms with van der Waals surface area (Å²) in [6, 6.07) is 35.3. The van der Waals surface area contributed by atoms with E-state index in [9.17, 15) is 14.7 Å². The maximum Gasteiger partial charge on any atom is 0.196 e. The van der Waals surface area contributed by atoms with Gasteiger partial charge in [0.2, 0.25) is 0 Å². The fourth-order valence-electron chi connectivity index (χ4n) is 4.06. The molecule has 0 fully saturated rings. The minimum absolute atomic E-state index is 0.0374. The van der Waals surface area contributed by atoms with Crippen molar-refractivity contribution >= 4 is 11.6 Å². The number of hydrogen-bond donors (Lipinski definition) is 1. The minimum atomic E-state index is -1.08. The first-order valence-electron chi connectivity index (χ1n) is 12.6. The molecule has 0 saturated heterocycles. The van der Waals surface area contributed by atoms with Gasteiger partial charge in [-0.1, -0.05) is 129 Å². The number of Topliss-reactive ketones (excluding diaryl/α,β-unsaturated/α-hetero) is 2. The number of unbranched alkanes of at least 4 members (excludes halogenated alkanes) is 1. The van der Waals surface area contributed by atoms with Gasteiger partial charge >= 0.3 is 0 Å². The lowest BCUT2D eigenvalue weighted by atomic mass is 9.94. The summed E-state index contributed by atoms with van der Waals surface area (Å²) in [4.78, 5) is 24.7. The van der Waals surface area contributed by atoms with E-state index in [1.807, 2.05) is 66.7 Å². The van der Waals surface area contributed by atoms with Crippen molar-refractivity contribution in [1.29, 1.82) is 0 Å². The Hall–Kier alpha value is -3.86. The molecule has 1 N–H and O–H groups in total. The number of ether oxygens (including phenoxy) is 1. The highest BCUT2D eigenvalue weighted by molar-refractivity contribution is 6.01. The van der Waals surface area contributed by atoms with Crippen molar-refractivity contribution in [3.63, 3.8) is 0 Å². The number of hydrogen-bond acceptors (Lipinski definition) is 4. The van der Waals surface area contributed by atoms with Gasteiger partial charge in [0, 0.05) is 18.2 Å². The Kier molecular flexibility index (Phi) is 11.0. The third kappa shape index (κ3) is 7.81. The van der Waals surface area contributed by atoms with Crippen LogP contribution in [0.1, 0.15) is 69.4 Å². The van der Waals surface area contributed by atoms with E-state index >= 15 is 0 Å². The molecule has 0 aliphatic carbocycles. The summed E-state index contributed by atoms with van der Waals surface area (Å²) >= 11 is 0. The minimum Gasteiger partial charge on any atom is -0.380 e. The molecular weight excluding hydrogens is 460 g/mol. The van der Waals surface area contributed by atoms with Gasteiger partial charge in [0.25, 0.3) is 0 Å². The summed E-state index contributed by atoms with van der Waals surface area (Å²) in [5.41, 5.74) is 3.94. The van der Waals surface area contributed by atoms with E-state index in [0.29, 0.717) is 11.1 Å². The van der Waals surface area contributed by atoms with Crippen LogP contribution in [0.3, 0.4) is 0 Å². The van der Waals surface area contributed by atoms with Gasteiger partial charge in [-0.05, 0) is 29.5 Å². The molecule has 0 saturated carbocycles. The van der Waals surface area contributed by atoms with E-state index in [-0.39, 0.29) is 11.6 Å². The molecule has 4 aromatic carbocycles. The average molecular weight is 495 g/mol. The zero-order chi connectivity index (χ0) is 26.5. The Balaban J connectivity index is 0.000000213. The molecule has 2 atom stereocenters. The Morgan fingerprint density at radius 1 is 0.703 bits per heavy atom. The summed E-state index contributed by atoms with van der Waals surface area (Å²) in [6.07, 6.45) is 1.53. The van der Waals surface area contributed by atoms with Crippen molar-refractivity contribution in [1.82, 2.24) is 0 Å². The molecule has 37 heavy (non-hydrogen) atoms. The smallest absolute Gasteiger partial charge is 0.196 e. The number of benzene rings is 4. The van der Waals surface area contributed by atoms with E-state index < -0.39 is 12.2 Å². The van der Waals surface area contributed by atoms with E-state index in [4.69, 9.17) is 4.74 Å². The van der Waals surface area contributed by atoms with Gasteiger partial charge in [0.05, 0.1) is 0 Å². The molecule has 4 nitrogen and oxygen atoms in total. The molecule has 0 bridgehead atoms. The zero-order valence-corrected chi connectivity index (χ0v) is 21.4. The third-order valence-electron chi connectivity index (χ3n) is 6.08. The van der Waals surface area contributed by atoms with Crippen molar-refractivity contribution in [2.45, 2.75) is 38.4 Å². The highest BCUT2D eigenvalue weighted by atomic mass is 16.5. The van der Waals surface area contributed by atoms with Crippen molar-refractivity contribution < 1.29 is 19.4 Å². The first kappa shape index (κ1) is 27.7. The van der Waals surface area contributed by atoms with Crippen LogP contribution in [0.25, 0.3) is 0 Å². The molecule has 0 radical (unpaired) electrons. The van der Waals surface area contributed by atoms with Gasteiger partial charge in [0.1, 0.15) is 12.2 Å². The highest BCUT2D eigenvalue weighted by Gasteiger charge is 2.23. The van der Waals surface area contributed by atoms with Crippen LogP contribution in [-0.2, 0) is 11.2 Å². The number of aliphatic hydroxyl groups excluding tert-OH is 1. The lowest BCUT2D eigenvalue weighted by Gasteiger charge is -2.17. The fraction of sp³-hybridized carbons (Fsp3) is 0.212. The zero-order valence-electron chi connectivity index (χ0n) is 21.4. The van der Waals surface area contributed by atoms with Crippen molar-refractivity contribution in [2.75, 3.05) is 7.11 Å². The van der Waals surface area contributed by atoms with E-state index in [1.165, 1.54) is 0 Å². The second-order valence-corrected chi connectivity index (χ2v) is 8.69. The number of aliphatic hydroxyl groups is 1. The van der Waals surface area contributed by atoms with E-state index in [2.05, 4.69) is 6.92 Å². The normalized spacial score (nSPS) is 12.1. The van der Waals surface area contributed by atoms with Gasteiger partial charge in [-0.25, -0.2) is 0 Å². The number of carbonyl (C=O) groups excluding carboxylic acids is 2. The molecular formula is C33H34O4. The van der Waals surface area contributed by atoms with Crippen molar-refractivity contribution in [3.8, 4) is 0 Å². The molecule has 4 heteroatoms. The number of aryl methyl sites for hydroxylation is 1. The summed E-state index contributed by atoms with van der Waals surface area (Å²) in [7, 11) is 1.59. The molecule has 0 aliphatic heterocycles. The van der Waals surface area contributed by atoms with Gasteiger partial charge in [0.15, 0.2) is 11.6 Å². The summed E-state index contributed by atoms with van der Waals surface area (Å²) < 4.78 is 5.46. The maximum atomic E-state index is 12.8. The highest BCUT2D eigenvalue weighted by Crippen LogP contribution is 2.24. The Labute approximate surface area is 219 Å². The van der Waals surface area contributed by atoms with Crippen LogP contribution in [0, 0.1) is 0 Å². The van der Waals surface area contributed by atoms with Crippen LogP contribution in [-0.4, -0.2) is 23.8 Å². The Morgan fingerprint density at radius 2 is 1.22 bits per heavy atom. The van der Waals surface area contributed by atoms with Crippen LogP contribution in [0.15, 0.2) is 115 Å². The molecule has 4 rings (SSSR count). The van der Waals surface area contributed by atoms with E-state index in [1.54, 1.807) is 55.6 Å². The predicted molar refractivity (Wildman–Crippen MR) is 148 cm³/mol. The van der Waals surface area contributed by atoms with Crippen LogP contribution in [0.5, 0.6) is 0 Å². The van der Waals surface area contributed by atoms with Crippen LogP contribution >= 0.6 is 0 Å². The standard InChI is InChI=1S/C19H22O2.C14H12O2/c1-3-4-10-15-11-8-9-14-17(15)18(20)19(21-2)16-12-6-5-7-13-16;15-13(11-7-3-1-4-8-11)14(16)12-9-5-2-6-10-12/h5-9,11-14,19H,3-4,10H2,1-2H3;1-10,13,15H. The Bertz CT molecular complexity index is 1240. The maximum absolute atomic E-state index is 12.8. The molecule has 4 aromatic rings. The number of methoxy groups -OCH3 is 1. The first-order chi connectivity index (χ1) is 18.1. The second-order valence-electron chi connectivity index (χ2n) is 8.69. The predicted octanol–water partition coefficient (Wildman–Crippen LogP) is 7.20. The number of carbonyl (C=O) groups is 2. The topological polar surface area (TPSA) is 63.6 Å². The summed E-state index contributed by atoms with van der Waals surface area (Å²) in [5, 5.41) is 9.89. The summed E-state index contributed by atoms with van der Waals surface area (Å²) in [6.45, 7) is 2.16. The molecule has 190 valence electrons. The molecule has 0 aliphatic rings. The molecule has 0 spiro atoms. The third-order valence-corrected chi connectivity index (χ3v) is 6.08. The molecule has 2 unspecified atom stereocenters. The first-order valence-corrected chi connectivity index (χ1v) is 12.6. The van der Waals surface area contributed by atoms with Crippen LogP contribution in [0.4, 0.5) is 0 Å². The van der Waals surface area contributed by atoms with Gasteiger partial charge in [-0.2, -0.15) is 0 Å². The average Bonchev–Trinajstić information content (AvgIpc) is 2.97. The Morgan fingerprint density at radius 3 is 1.78 bits per heavy atom. The van der Waals surface area contributed by atoms with Gasteiger partial charge in [-0.15, -0.1) is 0 Å². The SMILES string of the molecule is CCCCc1ccccc1C(=O)C(OC)c1ccccc1.O=C(c1ccccc1)C(O)c1ccccc1. The van der Waals surface area contributed by atoms with E-state index in [0.717, 1.165) is 36.0 Å². The quantitative estimate of drug-likeness (QED) is 0.237. The van der Waals surface area contributed by atoms with Crippen molar-refractivity contribution in [2.24, 2.45) is 0 Å². The number of rotatable bonds is 10. The monoisotopic (exact) mass is 494 g/mol. The molecule has 0 heterocycles.